The second-order valence-corrected chi connectivity index (χ2v) is 2.09. The van der Waals surface area contributed by atoms with Gasteiger partial charge in [0.25, 0.3) is 0 Å². The van der Waals surface area contributed by atoms with E-state index in [1.54, 1.807) is 24.5 Å². The Kier molecular flexibility index (Phi) is 1.18. The van der Waals surface area contributed by atoms with Crippen molar-refractivity contribution in [2.45, 2.75) is 0 Å². The van der Waals surface area contributed by atoms with Gasteiger partial charge in [0.2, 0.25) is 5.76 Å². The van der Waals surface area contributed by atoms with Crippen LogP contribution in [-0.2, 0) is 0 Å². The zero-order valence-electron chi connectivity index (χ0n) is 5.65. The van der Waals surface area contributed by atoms with Crippen molar-refractivity contribution in [2.75, 3.05) is 5.73 Å². The molecule has 0 fully saturated rings. The van der Waals surface area contributed by atoms with E-state index in [0.717, 1.165) is 0 Å². The maximum Gasteiger partial charge on any atom is 0.204 e. The van der Waals surface area contributed by atoms with Gasteiger partial charge in [-0.25, -0.2) is 0 Å². The number of furan rings is 1. The van der Waals surface area contributed by atoms with Gasteiger partial charge in [0.1, 0.15) is 0 Å². The summed E-state index contributed by atoms with van der Waals surface area (Å²) in [6.45, 7) is 0. The van der Waals surface area contributed by atoms with Crippen molar-refractivity contribution in [2.24, 2.45) is 0 Å². The molecule has 56 valence electrons. The maximum absolute atomic E-state index is 5.34. The van der Waals surface area contributed by atoms with Gasteiger partial charge in [-0.05, 0) is 12.1 Å². The maximum atomic E-state index is 5.34. The Balaban J connectivity index is 2.45. The quantitative estimate of drug-likeness (QED) is 0.669. The number of hydrogen-bond acceptors (Lipinski definition) is 4. The van der Waals surface area contributed by atoms with Crippen LogP contribution in [0.25, 0.3) is 11.5 Å². The molecule has 0 aliphatic carbocycles. The van der Waals surface area contributed by atoms with Crippen LogP contribution in [-0.4, -0.2) is 5.16 Å². The second kappa shape index (κ2) is 2.16. The Morgan fingerprint density at radius 1 is 1.36 bits per heavy atom. The lowest BCUT2D eigenvalue weighted by Gasteiger charge is -1.82. The molecule has 0 aromatic carbocycles. The third-order valence-corrected chi connectivity index (χ3v) is 1.29. The summed E-state index contributed by atoms with van der Waals surface area (Å²) in [5.74, 6) is 1.54. The molecule has 2 N–H and O–H groups in total. The van der Waals surface area contributed by atoms with Crippen molar-refractivity contribution < 1.29 is 8.94 Å². The van der Waals surface area contributed by atoms with E-state index < -0.39 is 0 Å². The first-order chi connectivity index (χ1) is 5.36. The first kappa shape index (κ1) is 6.03. The molecule has 0 spiro atoms. The topological polar surface area (TPSA) is 65.2 Å². The van der Waals surface area contributed by atoms with E-state index in [2.05, 4.69) is 5.16 Å². The van der Waals surface area contributed by atoms with E-state index in [-0.39, 0.29) is 0 Å². The number of aromatic nitrogens is 1. The molecular formula is C7H6N2O2. The van der Waals surface area contributed by atoms with Gasteiger partial charge in [-0.1, -0.05) is 5.16 Å². The van der Waals surface area contributed by atoms with Crippen molar-refractivity contribution >= 4 is 5.82 Å². The monoisotopic (exact) mass is 150 g/mol. The van der Waals surface area contributed by atoms with Crippen LogP contribution in [0.15, 0.2) is 33.4 Å². The van der Waals surface area contributed by atoms with Crippen LogP contribution < -0.4 is 5.73 Å². The van der Waals surface area contributed by atoms with Gasteiger partial charge in [0.15, 0.2) is 11.6 Å². The summed E-state index contributed by atoms with van der Waals surface area (Å²) >= 11 is 0. The number of nitrogen functional groups attached to an aromatic ring is 1. The third kappa shape index (κ3) is 0.980. The molecule has 0 aliphatic heterocycles. The van der Waals surface area contributed by atoms with Crippen LogP contribution in [0.2, 0.25) is 0 Å². The van der Waals surface area contributed by atoms with Gasteiger partial charge in [0.05, 0.1) is 6.26 Å². The zero-order chi connectivity index (χ0) is 7.68. The highest BCUT2D eigenvalue weighted by atomic mass is 16.5. The Morgan fingerprint density at radius 2 is 2.27 bits per heavy atom. The molecule has 4 nitrogen and oxygen atoms in total. The Bertz CT molecular complexity index is 337. The van der Waals surface area contributed by atoms with Gasteiger partial charge >= 0.3 is 0 Å². The Hall–Kier alpha value is -1.71. The fourth-order valence-corrected chi connectivity index (χ4v) is 0.824. The van der Waals surface area contributed by atoms with Crippen LogP contribution in [0.3, 0.4) is 0 Å². The van der Waals surface area contributed by atoms with Gasteiger partial charge < -0.3 is 14.7 Å². The van der Waals surface area contributed by atoms with E-state index in [0.29, 0.717) is 17.3 Å². The van der Waals surface area contributed by atoms with Crippen molar-refractivity contribution in [3.8, 4) is 11.5 Å². The number of nitrogens with two attached hydrogens (primary N) is 1. The SMILES string of the molecule is Nc1cc(-c2ccco2)on1. The Morgan fingerprint density at radius 3 is 2.82 bits per heavy atom. The minimum atomic E-state index is 0.358. The van der Waals surface area contributed by atoms with Gasteiger partial charge in [0, 0.05) is 6.07 Å². The predicted octanol–water partition coefficient (Wildman–Crippen LogP) is 1.52. The van der Waals surface area contributed by atoms with E-state index >= 15 is 0 Å². The molecule has 0 amide bonds. The van der Waals surface area contributed by atoms with E-state index in [9.17, 15) is 0 Å². The number of rotatable bonds is 1. The first-order valence-corrected chi connectivity index (χ1v) is 3.12. The summed E-state index contributed by atoms with van der Waals surface area (Å²) in [4.78, 5) is 0. The highest BCUT2D eigenvalue weighted by molar-refractivity contribution is 5.53. The highest BCUT2D eigenvalue weighted by Gasteiger charge is 2.05. The average molecular weight is 150 g/mol. The largest absolute Gasteiger partial charge is 0.461 e. The first-order valence-electron chi connectivity index (χ1n) is 3.12. The molecule has 2 heterocycles. The highest BCUT2D eigenvalue weighted by Crippen LogP contribution is 2.20. The van der Waals surface area contributed by atoms with Gasteiger partial charge in [-0.3, -0.25) is 0 Å². The van der Waals surface area contributed by atoms with Crippen molar-refractivity contribution in [1.29, 1.82) is 0 Å². The van der Waals surface area contributed by atoms with Crippen LogP contribution in [0.5, 0.6) is 0 Å². The lowest BCUT2D eigenvalue weighted by atomic mass is 10.3. The van der Waals surface area contributed by atoms with Crippen molar-refractivity contribution in [1.82, 2.24) is 5.16 Å². The molecule has 11 heavy (non-hydrogen) atoms. The molecule has 0 bridgehead atoms. The summed E-state index contributed by atoms with van der Waals surface area (Å²) in [7, 11) is 0. The minimum Gasteiger partial charge on any atom is -0.461 e. The fraction of sp³-hybridized carbons (Fsp3) is 0. The summed E-state index contributed by atoms with van der Waals surface area (Å²) < 4.78 is 9.88. The molecule has 0 unspecified atom stereocenters. The Labute approximate surface area is 62.6 Å². The molecule has 2 aromatic rings. The smallest absolute Gasteiger partial charge is 0.204 e. The predicted molar refractivity (Wildman–Crippen MR) is 38.6 cm³/mol. The molecule has 0 atom stereocenters. The standard InChI is InChI=1S/C7H6N2O2/c8-7-4-6(11-9-7)5-2-1-3-10-5/h1-4H,(H2,8,9). The summed E-state index contributed by atoms with van der Waals surface area (Å²) in [6, 6.07) is 5.16. The molecule has 4 heteroatoms. The van der Waals surface area contributed by atoms with E-state index in [4.69, 9.17) is 14.7 Å². The fourth-order valence-electron chi connectivity index (χ4n) is 0.824. The molecule has 0 saturated heterocycles. The normalized spacial score (nSPS) is 10.2. The number of nitrogens with zero attached hydrogens (tertiary/aromatic N) is 1. The number of hydrogen-bond donors (Lipinski definition) is 1. The van der Waals surface area contributed by atoms with Crippen molar-refractivity contribution in [3.63, 3.8) is 0 Å². The van der Waals surface area contributed by atoms with Gasteiger partial charge in [-0.2, -0.15) is 0 Å². The summed E-state index contributed by atoms with van der Waals surface area (Å²) in [5.41, 5.74) is 5.34. The molecule has 0 aliphatic rings. The minimum absolute atomic E-state index is 0.358. The van der Waals surface area contributed by atoms with Crippen LogP contribution in [0.1, 0.15) is 0 Å². The average Bonchev–Trinajstić information content (AvgIpc) is 2.55. The van der Waals surface area contributed by atoms with Crippen LogP contribution >= 0.6 is 0 Å². The summed E-state index contributed by atoms with van der Waals surface area (Å²) in [5, 5.41) is 3.52. The lowest BCUT2D eigenvalue weighted by molar-refractivity contribution is 0.421. The zero-order valence-corrected chi connectivity index (χ0v) is 5.65. The molecular weight excluding hydrogens is 144 g/mol. The molecule has 0 radical (unpaired) electrons. The number of anilines is 1. The molecule has 0 saturated carbocycles. The van der Waals surface area contributed by atoms with Crippen molar-refractivity contribution in [3.05, 3.63) is 24.5 Å². The second-order valence-electron chi connectivity index (χ2n) is 2.09. The molecule has 2 rings (SSSR count). The lowest BCUT2D eigenvalue weighted by Crippen LogP contribution is -1.79. The summed E-state index contributed by atoms with van der Waals surface area (Å²) in [6.07, 6.45) is 1.56. The van der Waals surface area contributed by atoms with Crippen LogP contribution in [0.4, 0.5) is 5.82 Å². The van der Waals surface area contributed by atoms with E-state index in [1.165, 1.54) is 0 Å². The van der Waals surface area contributed by atoms with E-state index in [1.807, 2.05) is 0 Å². The third-order valence-electron chi connectivity index (χ3n) is 1.29. The van der Waals surface area contributed by atoms with Gasteiger partial charge in [-0.15, -0.1) is 0 Å². The van der Waals surface area contributed by atoms with Crippen LogP contribution in [0, 0.1) is 0 Å². The molecule has 2 aromatic heterocycles.